The Bertz CT molecular complexity index is 696. The molecule has 1 aliphatic carbocycles. The van der Waals surface area contributed by atoms with Gasteiger partial charge in [0.05, 0.1) is 17.7 Å². The second kappa shape index (κ2) is 9.59. The topological polar surface area (TPSA) is 76.4 Å². The minimum absolute atomic E-state index is 0.121. The van der Waals surface area contributed by atoms with Crippen LogP contribution in [-0.4, -0.2) is 35.2 Å². The van der Waals surface area contributed by atoms with Crippen LogP contribution in [0.1, 0.15) is 18.4 Å². The SMILES string of the molecule is C=C/C=C\C=C.N#Cc1cccc(NC(=O)N2C[C@H]3CC(O)C[C@H]3C2)c1. The molecule has 26 heavy (non-hydrogen) atoms. The highest BCUT2D eigenvalue weighted by molar-refractivity contribution is 5.89. The van der Waals surface area contributed by atoms with Gasteiger partial charge in [0.15, 0.2) is 0 Å². The number of allylic oxidation sites excluding steroid dienone is 4. The molecular formula is C21H25N3O2. The van der Waals surface area contributed by atoms with E-state index >= 15 is 0 Å². The predicted octanol–water partition coefficient (Wildman–Crippen LogP) is 3.71. The molecule has 1 aromatic rings. The lowest BCUT2D eigenvalue weighted by Crippen LogP contribution is -2.34. The quantitative estimate of drug-likeness (QED) is 0.815. The van der Waals surface area contributed by atoms with Gasteiger partial charge in [0, 0.05) is 18.8 Å². The second-order valence-electron chi connectivity index (χ2n) is 6.53. The summed E-state index contributed by atoms with van der Waals surface area (Å²) in [5.74, 6) is 0.863. The first-order valence-corrected chi connectivity index (χ1v) is 8.71. The Morgan fingerprint density at radius 1 is 1.23 bits per heavy atom. The number of likely N-dealkylation sites (tertiary alicyclic amines) is 1. The zero-order valence-corrected chi connectivity index (χ0v) is 14.8. The van der Waals surface area contributed by atoms with Gasteiger partial charge in [-0.25, -0.2) is 4.79 Å². The van der Waals surface area contributed by atoms with Crippen LogP contribution >= 0.6 is 0 Å². The van der Waals surface area contributed by atoms with Crippen molar-refractivity contribution in [2.75, 3.05) is 18.4 Å². The summed E-state index contributed by atoms with van der Waals surface area (Å²) in [6.07, 6.45) is 8.49. The van der Waals surface area contributed by atoms with Gasteiger partial charge in [0.1, 0.15) is 0 Å². The average molecular weight is 351 g/mol. The number of rotatable bonds is 3. The van der Waals surface area contributed by atoms with Crippen LogP contribution in [0.3, 0.4) is 0 Å². The monoisotopic (exact) mass is 351 g/mol. The summed E-state index contributed by atoms with van der Waals surface area (Å²) in [4.78, 5) is 14.0. The van der Waals surface area contributed by atoms with E-state index in [2.05, 4.69) is 24.5 Å². The van der Waals surface area contributed by atoms with Crippen LogP contribution in [0.15, 0.2) is 61.7 Å². The molecule has 3 atom stereocenters. The molecule has 0 radical (unpaired) electrons. The van der Waals surface area contributed by atoms with Crippen LogP contribution in [-0.2, 0) is 0 Å². The van der Waals surface area contributed by atoms with Crippen LogP contribution in [0.2, 0.25) is 0 Å². The first kappa shape index (κ1) is 19.5. The number of benzene rings is 1. The van der Waals surface area contributed by atoms with Crippen molar-refractivity contribution in [3.8, 4) is 6.07 Å². The Balaban J connectivity index is 0.000000352. The first-order valence-electron chi connectivity index (χ1n) is 8.71. The number of aliphatic hydroxyl groups excluding tert-OH is 1. The number of carbonyl (C=O) groups is 1. The number of nitrogens with one attached hydrogen (secondary N) is 1. The largest absolute Gasteiger partial charge is 0.393 e. The molecule has 2 aliphatic rings. The summed E-state index contributed by atoms with van der Waals surface area (Å²) in [5.41, 5.74) is 1.18. The summed E-state index contributed by atoms with van der Waals surface area (Å²) in [6, 6.07) is 8.83. The predicted molar refractivity (Wildman–Crippen MR) is 104 cm³/mol. The standard InChI is InChI=1S/C15H17N3O2.C6H8/c16-7-10-2-1-3-13(4-10)17-15(20)18-8-11-5-14(19)6-12(11)9-18;1-3-5-6-4-2/h1-4,11-12,14,19H,5-6,8-9H2,(H,17,20);3-6H,1-2H2/b;6-5-/t11-,12+,14?;. The van der Waals surface area contributed by atoms with Gasteiger partial charge in [-0.1, -0.05) is 43.5 Å². The van der Waals surface area contributed by atoms with Crippen molar-refractivity contribution in [1.29, 1.82) is 5.26 Å². The van der Waals surface area contributed by atoms with Gasteiger partial charge in [0.25, 0.3) is 0 Å². The average Bonchev–Trinajstić information content (AvgIpc) is 3.18. The van der Waals surface area contributed by atoms with Crippen molar-refractivity contribution in [3.63, 3.8) is 0 Å². The normalized spacial score (nSPS) is 23.5. The summed E-state index contributed by atoms with van der Waals surface area (Å²) in [6.45, 7) is 8.35. The number of aliphatic hydroxyl groups is 1. The van der Waals surface area contributed by atoms with Crippen molar-refractivity contribution < 1.29 is 9.90 Å². The molecule has 0 bridgehead atoms. The molecule has 0 aromatic heterocycles. The van der Waals surface area contributed by atoms with Crippen molar-refractivity contribution >= 4 is 11.7 Å². The lowest BCUT2D eigenvalue weighted by Gasteiger charge is -2.18. The third-order valence-electron chi connectivity index (χ3n) is 4.64. The van der Waals surface area contributed by atoms with E-state index in [4.69, 9.17) is 5.26 Å². The molecule has 0 spiro atoms. The van der Waals surface area contributed by atoms with E-state index < -0.39 is 0 Å². The maximum atomic E-state index is 12.2. The summed E-state index contributed by atoms with van der Waals surface area (Å²) in [7, 11) is 0. The number of fused-ring (bicyclic) bond motifs is 1. The van der Waals surface area contributed by atoms with E-state index in [0.717, 1.165) is 12.8 Å². The van der Waals surface area contributed by atoms with E-state index in [1.807, 2.05) is 12.2 Å². The first-order chi connectivity index (χ1) is 12.6. The Morgan fingerprint density at radius 2 is 1.85 bits per heavy atom. The van der Waals surface area contributed by atoms with Crippen LogP contribution < -0.4 is 5.32 Å². The van der Waals surface area contributed by atoms with Crippen molar-refractivity contribution in [2.24, 2.45) is 11.8 Å². The summed E-state index contributed by atoms with van der Waals surface area (Å²) in [5, 5.41) is 21.3. The smallest absolute Gasteiger partial charge is 0.321 e. The molecule has 1 aliphatic heterocycles. The minimum atomic E-state index is -0.192. The zero-order chi connectivity index (χ0) is 18.9. The number of anilines is 1. The molecule has 1 heterocycles. The maximum Gasteiger partial charge on any atom is 0.321 e. The molecule has 1 unspecified atom stereocenters. The highest BCUT2D eigenvalue weighted by atomic mass is 16.3. The zero-order valence-electron chi connectivity index (χ0n) is 14.8. The van der Waals surface area contributed by atoms with Crippen molar-refractivity contribution in [1.82, 2.24) is 4.90 Å². The third kappa shape index (κ3) is 5.33. The molecule has 136 valence electrons. The van der Waals surface area contributed by atoms with E-state index in [-0.39, 0.29) is 12.1 Å². The lowest BCUT2D eigenvalue weighted by atomic mass is 10.0. The molecule has 2 N–H and O–H groups in total. The van der Waals surface area contributed by atoms with E-state index in [0.29, 0.717) is 36.2 Å². The fourth-order valence-corrected chi connectivity index (χ4v) is 3.46. The number of carbonyl (C=O) groups excluding carboxylic acids is 1. The van der Waals surface area contributed by atoms with Crippen LogP contribution in [0, 0.1) is 23.2 Å². The summed E-state index contributed by atoms with van der Waals surface area (Å²) < 4.78 is 0. The minimum Gasteiger partial charge on any atom is -0.393 e. The van der Waals surface area contributed by atoms with Gasteiger partial charge in [-0.15, -0.1) is 0 Å². The van der Waals surface area contributed by atoms with Gasteiger partial charge < -0.3 is 15.3 Å². The number of hydrogen-bond acceptors (Lipinski definition) is 3. The van der Waals surface area contributed by atoms with Crippen LogP contribution in [0.25, 0.3) is 0 Å². The van der Waals surface area contributed by atoms with Crippen LogP contribution in [0.4, 0.5) is 10.5 Å². The second-order valence-corrected chi connectivity index (χ2v) is 6.53. The Morgan fingerprint density at radius 3 is 2.38 bits per heavy atom. The maximum absolute atomic E-state index is 12.2. The highest BCUT2D eigenvalue weighted by Crippen LogP contribution is 2.38. The van der Waals surface area contributed by atoms with E-state index in [9.17, 15) is 9.90 Å². The fourth-order valence-electron chi connectivity index (χ4n) is 3.46. The number of amides is 2. The van der Waals surface area contributed by atoms with E-state index in [1.165, 1.54) is 0 Å². The van der Waals surface area contributed by atoms with Gasteiger partial charge in [-0.2, -0.15) is 5.26 Å². The molecule has 1 saturated heterocycles. The number of nitriles is 1. The van der Waals surface area contributed by atoms with E-state index in [1.54, 1.807) is 41.3 Å². The van der Waals surface area contributed by atoms with Gasteiger partial charge in [0.2, 0.25) is 0 Å². The van der Waals surface area contributed by atoms with Gasteiger partial charge in [-0.3, -0.25) is 0 Å². The molecule has 5 heteroatoms. The summed E-state index contributed by atoms with van der Waals surface area (Å²) >= 11 is 0. The lowest BCUT2D eigenvalue weighted by molar-refractivity contribution is 0.163. The van der Waals surface area contributed by atoms with Crippen LogP contribution in [0.5, 0.6) is 0 Å². The molecule has 1 aromatic carbocycles. The molecule has 2 amide bonds. The molecular weight excluding hydrogens is 326 g/mol. The van der Waals surface area contributed by atoms with Crippen molar-refractivity contribution in [2.45, 2.75) is 18.9 Å². The van der Waals surface area contributed by atoms with Crippen molar-refractivity contribution in [3.05, 3.63) is 67.3 Å². The van der Waals surface area contributed by atoms with Gasteiger partial charge in [-0.05, 0) is 42.9 Å². The Labute approximate surface area is 154 Å². The Kier molecular flexibility index (Phi) is 7.19. The molecule has 2 fully saturated rings. The number of urea groups is 1. The molecule has 3 rings (SSSR count). The number of nitrogens with zero attached hydrogens (tertiary/aromatic N) is 2. The fraction of sp³-hybridized carbons (Fsp3) is 0.333. The third-order valence-corrected chi connectivity index (χ3v) is 4.64. The molecule has 5 nitrogen and oxygen atoms in total. The van der Waals surface area contributed by atoms with Gasteiger partial charge >= 0.3 is 6.03 Å². The number of hydrogen-bond donors (Lipinski definition) is 2. The molecule has 1 saturated carbocycles. The Hall–Kier alpha value is -2.84. The highest BCUT2D eigenvalue weighted by Gasteiger charge is 2.41.